The number of carbonyl (C=O) groups is 1. The molecule has 0 aromatic heterocycles. The zero-order valence-corrected chi connectivity index (χ0v) is 9.35. The monoisotopic (exact) mass is 241 g/mol. The number of aliphatic hydroxyl groups excluding tert-OH is 1. The van der Waals surface area contributed by atoms with Crippen LogP contribution in [0.3, 0.4) is 0 Å². The van der Waals surface area contributed by atoms with Gasteiger partial charge in [-0.25, -0.2) is 4.79 Å². The second-order valence-electron chi connectivity index (χ2n) is 3.69. The topological polar surface area (TPSA) is 49.8 Å². The highest BCUT2D eigenvalue weighted by Gasteiger charge is 2.26. The Labute approximate surface area is 98.4 Å². The third kappa shape index (κ3) is 2.46. The van der Waals surface area contributed by atoms with Crippen LogP contribution in [0, 0.1) is 0 Å². The predicted octanol–water partition coefficient (Wildman–Crippen LogP) is 1.91. The lowest BCUT2D eigenvalue weighted by Crippen LogP contribution is -2.32. The minimum Gasteiger partial charge on any atom is -0.409 e. The molecule has 1 aliphatic rings. The van der Waals surface area contributed by atoms with Gasteiger partial charge in [-0.3, -0.25) is 0 Å². The van der Waals surface area contributed by atoms with Gasteiger partial charge < -0.3 is 14.7 Å². The molecule has 1 amide bonds. The molecular formula is C11H12ClNO3. The first kappa shape index (κ1) is 11.2. The highest BCUT2D eigenvalue weighted by molar-refractivity contribution is 6.32. The van der Waals surface area contributed by atoms with Gasteiger partial charge in [0.05, 0.1) is 11.1 Å². The first-order valence-corrected chi connectivity index (χ1v) is 5.44. The fourth-order valence-electron chi connectivity index (χ4n) is 1.59. The summed E-state index contributed by atoms with van der Waals surface area (Å²) in [5, 5.41) is 9.69. The molecule has 4 nitrogen and oxygen atoms in total. The van der Waals surface area contributed by atoms with E-state index in [0.29, 0.717) is 30.3 Å². The second-order valence-corrected chi connectivity index (χ2v) is 4.09. The van der Waals surface area contributed by atoms with Crippen LogP contribution in [-0.2, 0) is 0 Å². The normalized spacial score (nSPS) is 19.9. The molecule has 0 aliphatic carbocycles. The maximum atomic E-state index is 11.6. The van der Waals surface area contributed by atoms with Crippen molar-refractivity contribution >= 4 is 17.7 Å². The van der Waals surface area contributed by atoms with Gasteiger partial charge in [-0.1, -0.05) is 23.7 Å². The summed E-state index contributed by atoms with van der Waals surface area (Å²) in [6.45, 7) is 0.841. The predicted molar refractivity (Wildman–Crippen MR) is 59.7 cm³/mol. The summed E-state index contributed by atoms with van der Waals surface area (Å²) in [5.74, 6) is 0.343. The van der Waals surface area contributed by atoms with Crippen LogP contribution in [0.25, 0.3) is 0 Å². The van der Waals surface area contributed by atoms with E-state index in [4.69, 9.17) is 16.3 Å². The number of ether oxygens (including phenoxy) is 1. The molecule has 1 unspecified atom stereocenters. The standard InChI is InChI=1S/C11H12ClNO3/c12-9-3-1-2-4-10(9)16-11(15)13-6-5-8(14)7-13/h1-4,8,14H,5-7H2. The Hall–Kier alpha value is -1.26. The zero-order chi connectivity index (χ0) is 11.5. The summed E-state index contributed by atoms with van der Waals surface area (Å²) in [6, 6.07) is 6.79. The van der Waals surface area contributed by atoms with Crippen LogP contribution < -0.4 is 4.74 Å². The number of amides is 1. The van der Waals surface area contributed by atoms with Crippen molar-refractivity contribution < 1.29 is 14.6 Å². The Kier molecular flexibility index (Phi) is 3.31. The van der Waals surface area contributed by atoms with Gasteiger partial charge in [-0.05, 0) is 18.6 Å². The van der Waals surface area contributed by atoms with Gasteiger partial charge in [0.2, 0.25) is 0 Å². The van der Waals surface area contributed by atoms with Crippen molar-refractivity contribution in [2.45, 2.75) is 12.5 Å². The Morgan fingerprint density at radius 2 is 2.25 bits per heavy atom. The average Bonchev–Trinajstić information content (AvgIpc) is 2.68. The van der Waals surface area contributed by atoms with E-state index in [9.17, 15) is 9.90 Å². The van der Waals surface area contributed by atoms with Crippen LogP contribution in [0.5, 0.6) is 5.75 Å². The molecule has 1 atom stereocenters. The van der Waals surface area contributed by atoms with Gasteiger partial charge >= 0.3 is 6.09 Å². The molecule has 2 rings (SSSR count). The number of hydrogen-bond acceptors (Lipinski definition) is 3. The molecule has 1 aliphatic heterocycles. The van der Waals surface area contributed by atoms with E-state index in [1.807, 2.05) is 0 Å². The maximum Gasteiger partial charge on any atom is 0.415 e. The number of rotatable bonds is 1. The third-order valence-corrected chi connectivity index (χ3v) is 2.77. The SMILES string of the molecule is O=C(Oc1ccccc1Cl)N1CCC(O)C1. The Balaban J connectivity index is 2.00. The molecule has 1 fully saturated rings. The number of hydrogen-bond donors (Lipinski definition) is 1. The van der Waals surface area contributed by atoms with Crippen molar-refractivity contribution in [2.75, 3.05) is 13.1 Å². The van der Waals surface area contributed by atoms with Crippen molar-refractivity contribution in [3.05, 3.63) is 29.3 Å². The number of nitrogens with zero attached hydrogens (tertiary/aromatic N) is 1. The van der Waals surface area contributed by atoms with Gasteiger partial charge in [-0.15, -0.1) is 0 Å². The minimum absolute atomic E-state index is 0.323. The molecule has 0 radical (unpaired) electrons. The number of aliphatic hydroxyl groups is 1. The summed E-state index contributed by atoms with van der Waals surface area (Å²) < 4.78 is 5.12. The molecule has 16 heavy (non-hydrogen) atoms. The second kappa shape index (κ2) is 4.72. The lowest BCUT2D eigenvalue weighted by molar-refractivity contribution is 0.145. The number of carbonyl (C=O) groups excluding carboxylic acids is 1. The molecule has 0 bridgehead atoms. The van der Waals surface area contributed by atoms with E-state index in [2.05, 4.69) is 0 Å². The largest absolute Gasteiger partial charge is 0.415 e. The number of para-hydroxylation sites is 1. The first-order chi connectivity index (χ1) is 7.66. The number of halogens is 1. The molecule has 1 aromatic carbocycles. The van der Waals surface area contributed by atoms with Crippen molar-refractivity contribution in [3.8, 4) is 5.75 Å². The molecular weight excluding hydrogens is 230 g/mol. The van der Waals surface area contributed by atoms with E-state index in [0.717, 1.165) is 0 Å². The lowest BCUT2D eigenvalue weighted by atomic mass is 10.3. The van der Waals surface area contributed by atoms with Crippen LogP contribution in [0.4, 0.5) is 4.79 Å². The highest BCUT2D eigenvalue weighted by atomic mass is 35.5. The van der Waals surface area contributed by atoms with Gasteiger partial charge in [0.15, 0.2) is 5.75 Å². The lowest BCUT2D eigenvalue weighted by Gasteiger charge is -2.15. The van der Waals surface area contributed by atoms with E-state index < -0.39 is 12.2 Å². The first-order valence-electron chi connectivity index (χ1n) is 5.06. The average molecular weight is 242 g/mol. The van der Waals surface area contributed by atoms with Crippen LogP contribution >= 0.6 is 11.6 Å². The molecule has 5 heteroatoms. The molecule has 0 saturated carbocycles. The van der Waals surface area contributed by atoms with Crippen molar-refractivity contribution in [3.63, 3.8) is 0 Å². The molecule has 86 valence electrons. The fraction of sp³-hybridized carbons (Fsp3) is 0.364. The van der Waals surface area contributed by atoms with E-state index >= 15 is 0 Å². The fourth-order valence-corrected chi connectivity index (χ4v) is 1.77. The summed E-state index contributed by atoms with van der Waals surface area (Å²) in [7, 11) is 0. The summed E-state index contributed by atoms with van der Waals surface area (Å²) in [6.07, 6.45) is -0.319. The summed E-state index contributed by atoms with van der Waals surface area (Å²) >= 11 is 5.86. The van der Waals surface area contributed by atoms with Gasteiger partial charge in [0.1, 0.15) is 0 Å². The molecule has 0 spiro atoms. The van der Waals surface area contributed by atoms with Crippen molar-refractivity contribution in [1.29, 1.82) is 0 Å². The number of β-amino-alcohol motifs (C(OH)–C–C–N with tert-alkyl or cyclic N) is 1. The summed E-state index contributed by atoms with van der Waals surface area (Å²) in [5.41, 5.74) is 0. The smallest absolute Gasteiger partial charge is 0.409 e. The summed E-state index contributed by atoms with van der Waals surface area (Å²) in [4.78, 5) is 13.1. The number of benzene rings is 1. The maximum absolute atomic E-state index is 11.6. The molecule has 1 N–H and O–H groups in total. The van der Waals surface area contributed by atoms with Crippen LogP contribution in [-0.4, -0.2) is 35.3 Å². The van der Waals surface area contributed by atoms with E-state index in [-0.39, 0.29) is 0 Å². The van der Waals surface area contributed by atoms with Gasteiger partial charge in [-0.2, -0.15) is 0 Å². The number of likely N-dealkylation sites (tertiary alicyclic amines) is 1. The van der Waals surface area contributed by atoms with Gasteiger partial charge in [0.25, 0.3) is 0 Å². The van der Waals surface area contributed by atoms with Crippen molar-refractivity contribution in [1.82, 2.24) is 4.90 Å². The molecule has 1 aromatic rings. The highest BCUT2D eigenvalue weighted by Crippen LogP contribution is 2.24. The Morgan fingerprint density at radius 3 is 2.88 bits per heavy atom. The zero-order valence-electron chi connectivity index (χ0n) is 8.60. The molecule has 1 saturated heterocycles. The van der Waals surface area contributed by atoms with Crippen LogP contribution in [0.1, 0.15) is 6.42 Å². The van der Waals surface area contributed by atoms with Gasteiger partial charge in [0, 0.05) is 13.1 Å². The van der Waals surface area contributed by atoms with E-state index in [1.165, 1.54) is 4.90 Å². The molecule has 1 heterocycles. The Bertz CT molecular complexity index is 397. The van der Waals surface area contributed by atoms with E-state index in [1.54, 1.807) is 24.3 Å². The Morgan fingerprint density at radius 1 is 1.50 bits per heavy atom. The van der Waals surface area contributed by atoms with Crippen molar-refractivity contribution in [2.24, 2.45) is 0 Å². The minimum atomic E-state index is -0.468. The third-order valence-electron chi connectivity index (χ3n) is 2.46. The van der Waals surface area contributed by atoms with Crippen LogP contribution in [0.2, 0.25) is 5.02 Å². The van der Waals surface area contributed by atoms with Crippen LogP contribution in [0.15, 0.2) is 24.3 Å². The quantitative estimate of drug-likeness (QED) is 0.817.